The van der Waals surface area contributed by atoms with Crippen molar-refractivity contribution in [1.82, 2.24) is 14.5 Å². The van der Waals surface area contributed by atoms with Crippen LogP contribution in [-0.2, 0) is 4.79 Å². The monoisotopic (exact) mass is 386 g/mol. The molecular weight excluding hydrogens is 368 g/mol. The summed E-state index contributed by atoms with van der Waals surface area (Å²) in [6.45, 7) is 5.95. The van der Waals surface area contributed by atoms with Crippen LogP contribution in [-0.4, -0.2) is 25.7 Å². The molecule has 0 aliphatic heterocycles. The molecule has 26 heavy (non-hydrogen) atoms. The molecule has 2 aromatic heterocycles. The molecule has 134 valence electrons. The summed E-state index contributed by atoms with van der Waals surface area (Å²) in [5, 5.41) is 3.50. The number of anilines is 1. The molecule has 7 heteroatoms. The third kappa shape index (κ3) is 4.08. The van der Waals surface area contributed by atoms with E-state index in [0.29, 0.717) is 5.69 Å². The second-order valence-corrected chi connectivity index (χ2v) is 7.63. The molecule has 1 amide bonds. The minimum atomic E-state index is -0.350. The van der Waals surface area contributed by atoms with Crippen LogP contribution in [0.25, 0.3) is 5.69 Å². The van der Waals surface area contributed by atoms with Crippen LogP contribution < -0.4 is 5.32 Å². The maximum absolute atomic E-state index is 12.5. The lowest BCUT2D eigenvalue weighted by molar-refractivity contribution is -0.115. The zero-order valence-corrected chi connectivity index (χ0v) is 16.3. The van der Waals surface area contributed by atoms with E-state index in [0.717, 1.165) is 16.4 Å². The van der Waals surface area contributed by atoms with Gasteiger partial charge in [0.2, 0.25) is 5.91 Å². The minimum absolute atomic E-state index is 0.152. The number of aryl methyl sites for hydroxylation is 2. The van der Waals surface area contributed by atoms with Gasteiger partial charge in [-0.15, -0.1) is 0 Å². The molecule has 0 bridgehead atoms. The lowest BCUT2D eigenvalue weighted by Gasteiger charge is -2.15. The van der Waals surface area contributed by atoms with Gasteiger partial charge < -0.3 is 5.32 Å². The van der Waals surface area contributed by atoms with E-state index in [-0.39, 0.29) is 16.3 Å². The summed E-state index contributed by atoms with van der Waals surface area (Å²) < 4.78 is 2.01. The zero-order valence-electron chi connectivity index (χ0n) is 14.7. The molecule has 0 aliphatic rings. The normalized spacial score (nSPS) is 12.0. The summed E-state index contributed by atoms with van der Waals surface area (Å²) in [5.41, 5.74) is 3.89. The van der Waals surface area contributed by atoms with Gasteiger partial charge in [0.1, 0.15) is 0 Å². The van der Waals surface area contributed by atoms with Gasteiger partial charge in [-0.25, -0.2) is 9.97 Å². The Labute approximate surface area is 161 Å². The number of hydrogen-bond acceptors (Lipinski definition) is 4. The second kappa shape index (κ2) is 7.93. The second-order valence-electron chi connectivity index (χ2n) is 5.96. The van der Waals surface area contributed by atoms with Crippen molar-refractivity contribution in [1.29, 1.82) is 0 Å². The van der Waals surface area contributed by atoms with Crippen LogP contribution in [0.2, 0.25) is 5.15 Å². The number of nitrogens with zero attached hydrogens (tertiary/aromatic N) is 3. The van der Waals surface area contributed by atoms with Gasteiger partial charge in [-0.2, -0.15) is 0 Å². The number of nitrogens with one attached hydrogen (secondary N) is 1. The molecule has 0 aliphatic carbocycles. The first-order valence-electron chi connectivity index (χ1n) is 8.14. The summed E-state index contributed by atoms with van der Waals surface area (Å²) >= 11 is 7.40. The number of halogens is 1. The van der Waals surface area contributed by atoms with Crippen LogP contribution in [0.1, 0.15) is 18.1 Å². The van der Waals surface area contributed by atoms with Crippen molar-refractivity contribution in [3.05, 3.63) is 65.2 Å². The van der Waals surface area contributed by atoms with Crippen molar-refractivity contribution >= 4 is 35.0 Å². The first kappa shape index (κ1) is 18.5. The van der Waals surface area contributed by atoms with Gasteiger partial charge in [-0.05, 0) is 50.1 Å². The number of rotatable bonds is 5. The Hall–Kier alpha value is -2.31. The van der Waals surface area contributed by atoms with Crippen molar-refractivity contribution < 1.29 is 4.79 Å². The topological polar surface area (TPSA) is 59.8 Å². The standard InChI is InChI=1S/C19H19ClN4OS/c1-12-6-7-13(2)16(11-12)24-10-9-22-19(24)26-14(3)18(25)23-15-5-4-8-21-17(15)20/h4-11,14H,1-3H3,(H,23,25). The van der Waals surface area contributed by atoms with E-state index in [2.05, 4.69) is 47.3 Å². The van der Waals surface area contributed by atoms with E-state index in [4.69, 9.17) is 11.6 Å². The Bertz CT molecular complexity index is 941. The van der Waals surface area contributed by atoms with Crippen LogP contribution in [0, 0.1) is 13.8 Å². The number of imidazole rings is 1. The van der Waals surface area contributed by atoms with E-state index >= 15 is 0 Å². The van der Waals surface area contributed by atoms with Gasteiger partial charge in [0.15, 0.2) is 10.3 Å². The summed E-state index contributed by atoms with van der Waals surface area (Å²) in [5.74, 6) is -0.152. The minimum Gasteiger partial charge on any atom is -0.322 e. The number of benzene rings is 1. The molecular formula is C19H19ClN4OS. The number of thioether (sulfide) groups is 1. The predicted octanol–water partition coefficient (Wildman–Crippen LogP) is 4.66. The highest BCUT2D eigenvalue weighted by molar-refractivity contribution is 8.00. The third-order valence-electron chi connectivity index (χ3n) is 3.90. The summed E-state index contributed by atoms with van der Waals surface area (Å²) in [7, 11) is 0. The quantitative estimate of drug-likeness (QED) is 0.512. The summed E-state index contributed by atoms with van der Waals surface area (Å²) in [6.07, 6.45) is 5.23. The number of amides is 1. The fraction of sp³-hybridized carbons (Fsp3) is 0.211. The lowest BCUT2D eigenvalue weighted by atomic mass is 10.1. The average molecular weight is 387 g/mol. The molecule has 3 rings (SSSR count). The number of carbonyl (C=O) groups is 1. The van der Waals surface area contributed by atoms with Crippen molar-refractivity contribution in [2.45, 2.75) is 31.2 Å². The van der Waals surface area contributed by atoms with Gasteiger partial charge in [0, 0.05) is 18.6 Å². The maximum atomic E-state index is 12.5. The Morgan fingerprint density at radius 1 is 1.23 bits per heavy atom. The molecule has 0 saturated carbocycles. The fourth-order valence-electron chi connectivity index (χ4n) is 2.46. The Balaban J connectivity index is 1.77. The highest BCUT2D eigenvalue weighted by Gasteiger charge is 2.19. The van der Waals surface area contributed by atoms with Gasteiger partial charge in [0.05, 0.1) is 16.6 Å². The lowest BCUT2D eigenvalue weighted by Crippen LogP contribution is -2.23. The van der Waals surface area contributed by atoms with Crippen molar-refractivity contribution in [3.63, 3.8) is 0 Å². The molecule has 2 heterocycles. The van der Waals surface area contributed by atoms with Crippen LogP contribution >= 0.6 is 23.4 Å². The SMILES string of the molecule is Cc1ccc(C)c(-n2ccnc2SC(C)C(=O)Nc2cccnc2Cl)c1. The maximum Gasteiger partial charge on any atom is 0.237 e. The molecule has 1 unspecified atom stereocenters. The fourth-order valence-corrected chi connectivity index (χ4v) is 3.51. The highest BCUT2D eigenvalue weighted by atomic mass is 35.5. The number of aromatic nitrogens is 3. The van der Waals surface area contributed by atoms with E-state index in [1.807, 2.05) is 17.7 Å². The van der Waals surface area contributed by atoms with Crippen molar-refractivity contribution in [2.24, 2.45) is 0 Å². The van der Waals surface area contributed by atoms with Gasteiger partial charge >= 0.3 is 0 Å². The average Bonchev–Trinajstić information content (AvgIpc) is 3.07. The Morgan fingerprint density at radius 3 is 2.81 bits per heavy atom. The van der Waals surface area contributed by atoms with Gasteiger partial charge in [-0.3, -0.25) is 9.36 Å². The third-order valence-corrected chi connectivity index (χ3v) is 5.28. The summed E-state index contributed by atoms with van der Waals surface area (Å²) in [4.78, 5) is 20.9. The highest BCUT2D eigenvalue weighted by Crippen LogP contribution is 2.28. The molecule has 1 N–H and O–H groups in total. The van der Waals surface area contributed by atoms with Crippen LogP contribution in [0.15, 0.2) is 54.1 Å². The van der Waals surface area contributed by atoms with Crippen LogP contribution in [0.5, 0.6) is 0 Å². The van der Waals surface area contributed by atoms with Gasteiger partial charge in [-0.1, -0.05) is 35.5 Å². The number of hydrogen-bond donors (Lipinski definition) is 1. The molecule has 0 radical (unpaired) electrons. The zero-order chi connectivity index (χ0) is 18.7. The molecule has 3 aromatic rings. The molecule has 1 atom stereocenters. The Morgan fingerprint density at radius 2 is 2.04 bits per heavy atom. The predicted molar refractivity (Wildman–Crippen MR) is 106 cm³/mol. The van der Waals surface area contributed by atoms with E-state index in [1.54, 1.807) is 24.5 Å². The van der Waals surface area contributed by atoms with E-state index in [9.17, 15) is 4.79 Å². The summed E-state index contributed by atoms with van der Waals surface area (Å²) in [6, 6.07) is 9.73. The largest absolute Gasteiger partial charge is 0.322 e. The van der Waals surface area contributed by atoms with Crippen molar-refractivity contribution in [2.75, 3.05) is 5.32 Å². The Kier molecular flexibility index (Phi) is 5.64. The van der Waals surface area contributed by atoms with E-state index < -0.39 is 0 Å². The number of carbonyl (C=O) groups excluding carboxylic acids is 1. The first-order valence-corrected chi connectivity index (χ1v) is 9.40. The van der Waals surface area contributed by atoms with Gasteiger partial charge in [0.25, 0.3) is 0 Å². The molecule has 0 fully saturated rings. The molecule has 0 saturated heterocycles. The molecule has 0 spiro atoms. The van der Waals surface area contributed by atoms with E-state index in [1.165, 1.54) is 17.3 Å². The molecule has 5 nitrogen and oxygen atoms in total. The van der Waals surface area contributed by atoms with Crippen molar-refractivity contribution in [3.8, 4) is 5.69 Å². The van der Waals surface area contributed by atoms with Crippen LogP contribution in [0.3, 0.4) is 0 Å². The smallest absolute Gasteiger partial charge is 0.237 e. The first-order chi connectivity index (χ1) is 12.5. The van der Waals surface area contributed by atoms with Crippen LogP contribution in [0.4, 0.5) is 5.69 Å². The number of pyridine rings is 1. The molecule has 1 aromatic carbocycles.